The Bertz CT molecular complexity index is 520. The largest absolute Gasteiger partial charge is 0.478 e. The van der Waals surface area contributed by atoms with Gasteiger partial charge in [0.05, 0.1) is 11.3 Å². The molecule has 0 bridgehead atoms. The Kier molecular flexibility index (Phi) is 3.00. The first-order valence-electron chi connectivity index (χ1n) is 5.06. The molecule has 2 N–H and O–H groups in total. The molecule has 1 heterocycles. The van der Waals surface area contributed by atoms with Gasteiger partial charge in [-0.2, -0.15) is 5.10 Å². The van der Waals surface area contributed by atoms with Crippen LogP contribution < -0.4 is 5.32 Å². The number of carboxylic acids is 1. The molecule has 0 aliphatic rings. The van der Waals surface area contributed by atoms with E-state index in [1.807, 2.05) is 19.1 Å². The van der Waals surface area contributed by atoms with E-state index < -0.39 is 5.97 Å². The van der Waals surface area contributed by atoms with Crippen molar-refractivity contribution >= 4 is 17.5 Å². The minimum absolute atomic E-state index is 0.255. The van der Waals surface area contributed by atoms with Crippen molar-refractivity contribution in [3.63, 3.8) is 0 Å². The molecule has 1 aromatic heterocycles. The van der Waals surface area contributed by atoms with Gasteiger partial charge in [-0.05, 0) is 43.3 Å². The summed E-state index contributed by atoms with van der Waals surface area (Å²) in [6, 6.07) is 10.1. The first-order chi connectivity index (χ1) is 8.15. The van der Waals surface area contributed by atoms with Gasteiger partial charge in [0.15, 0.2) is 5.82 Å². The molecular formula is C12H11N3O2. The van der Waals surface area contributed by atoms with Crippen LogP contribution in [0.1, 0.15) is 16.1 Å². The second-order valence-electron chi connectivity index (χ2n) is 3.57. The Morgan fingerprint density at radius 1 is 1.12 bits per heavy atom. The molecule has 5 heteroatoms. The molecule has 2 aromatic rings. The van der Waals surface area contributed by atoms with Gasteiger partial charge < -0.3 is 10.4 Å². The average Bonchev–Trinajstić information content (AvgIpc) is 2.33. The van der Waals surface area contributed by atoms with E-state index in [9.17, 15) is 4.79 Å². The summed E-state index contributed by atoms with van der Waals surface area (Å²) in [4.78, 5) is 10.7. The van der Waals surface area contributed by atoms with Gasteiger partial charge in [-0.3, -0.25) is 0 Å². The molecule has 0 saturated carbocycles. The fourth-order valence-electron chi connectivity index (χ4n) is 1.31. The van der Waals surface area contributed by atoms with Crippen LogP contribution in [0.2, 0.25) is 0 Å². The Labute approximate surface area is 98.1 Å². The van der Waals surface area contributed by atoms with Crippen molar-refractivity contribution < 1.29 is 9.90 Å². The predicted octanol–water partition coefficient (Wildman–Crippen LogP) is 2.23. The van der Waals surface area contributed by atoms with Gasteiger partial charge in [-0.25, -0.2) is 4.79 Å². The molecule has 0 unspecified atom stereocenters. The molecule has 0 aliphatic carbocycles. The van der Waals surface area contributed by atoms with Crippen molar-refractivity contribution in [2.45, 2.75) is 6.92 Å². The van der Waals surface area contributed by atoms with Crippen molar-refractivity contribution in [2.75, 3.05) is 5.32 Å². The number of nitrogens with one attached hydrogen (secondary N) is 1. The zero-order valence-electron chi connectivity index (χ0n) is 9.21. The number of aromatic carboxylic acids is 1. The fraction of sp³-hybridized carbons (Fsp3) is 0.0833. The summed E-state index contributed by atoms with van der Waals surface area (Å²) in [5.74, 6) is -0.314. The molecule has 0 aliphatic heterocycles. The second kappa shape index (κ2) is 4.61. The molecular weight excluding hydrogens is 218 g/mol. The molecule has 0 fully saturated rings. The molecule has 0 amide bonds. The summed E-state index contributed by atoms with van der Waals surface area (Å²) in [6.45, 7) is 1.86. The van der Waals surface area contributed by atoms with Gasteiger partial charge in [-0.15, -0.1) is 5.10 Å². The molecule has 0 atom stereocenters. The highest BCUT2D eigenvalue weighted by Gasteiger charge is 2.02. The standard InChI is InChI=1S/C12H11N3O2/c1-8-2-7-11(15-14-8)13-10-5-3-9(4-6-10)12(16)17/h2-7H,1H3,(H,13,15)(H,16,17). The number of aromatic nitrogens is 2. The second-order valence-corrected chi connectivity index (χ2v) is 3.57. The monoisotopic (exact) mass is 229 g/mol. The van der Waals surface area contributed by atoms with Crippen LogP contribution in [0.5, 0.6) is 0 Å². The highest BCUT2D eigenvalue weighted by Crippen LogP contribution is 2.14. The first-order valence-corrected chi connectivity index (χ1v) is 5.06. The van der Waals surface area contributed by atoms with E-state index in [0.29, 0.717) is 5.82 Å². The zero-order chi connectivity index (χ0) is 12.3. The van der Waals surface area contributed by atoms with E-state index in [1.54, 1.807) is 12.1 Å². The highest BCUT2D eigenvalue weighted by atomic mass is 16.4. The number of carbonyl (C=O) groups is 1. The van der Waals surface area contributed by atoms with Crippen LogP contribution in [-0.4, -0.2) is 21.3 Å². The van der Waals surface area contributed by atoms with Gasteiger partial charge in [0, 0.05) is 5.69 Å². The van der Waals surface area contributed by atoms with Gasteiger partial charge in [0.2, 0.25) is 0 Å². The third-order valence-corrected chi connectivity index (χ3v) is 2.20. The van der Waals surface area contributed by atoms with Crippen molar-refractivity contribution in [1.82, 2.24) is 10.2 Å². The molecule has 0 saturated heterocycles. The van der Waals surface area contributed by atoms with Crippen LogP contribution in [0.4, 0.5) is 11.5 Å². The maximum absolute atomic E-state index is 10.7. The smallest absolute Gasteiger partial charge is 0.335 e. The van der Waals surface area contributed by atoms with E-state index in [0.717, 1.165) is 11.4 Å². The lowest BCUT2D eigenvalue weighted by Crippen LogP contribution is -1.98. The molecule has 5 nitrogen and oxygen atoms in total. The van der Waals surface area contributed by atoms with Crippen molar-refractivity contribution in [3.8, 4) is 0 Å². The summed E-state index contributed by atoms with van der Waals surface area (Å²) in [7, 11) is 0. The molecule has 2 rings (SSSR count). The third-order valence-electron chi connectivity index (χ3n) is 2.20. The van der Waals surface area contributed by atoms with Crippen LogP contribution in [0.25, 0.3) is 0 Å². The number of nitrogens with zero attached hydrogens (tertiary/aromatic N) is 2. The van der Waals surface area contributed by atoms with E-state index >= 15 is 0 Å². The average molecular weight is 229 g/mol. The van der Waals surface area contributed by atoms with Gasteiger partial charge in [0.1, 0.15) is 0 Å². The third kappa shape index (κ3) is 2.78. The minimum atomic E-state index is -0.938. The van der Waals surface area contributed by atoms with Crippen LogP contribution >= 0.6 is 0 Å². The maximum atomic E-state index is 10.7. The van der Waals surface area contributed by atoms with Crippen LogP contribution in [0.15, 0.2) is 36.4 Å². The lowest BCUT2D eigenvalue weighted by Gasteiger charge is -2.04. The molecule has 86 valence electrons. The van der Waals surface area contributed by atoms with Crippen LogP contribution in [-0.2, 0) is 0 Å². The van der Waals surface area contributed by atoms with E-state index in [-0.39, 0.29) is 5.56 Å². The summed E-state index contributed by atoms with van der Waals surface area (Å²) in [5, 5.41) is 19.7. The normalized spacial score (nSPS) is 9.94. The number of benzene rings is 1. The lowest BCUT2D eigenvalue weighted by atomic mass is 10.2. The summed E-state index contributed by atoms with van der Waals surface area (Å²) in [5.41, 5.74) is 1.87. The number of aryl methyl sites for hydroxylation is 1. The topological polar surface area (TPSA) is 75.1 Å². The van der Waals surface area contributed by atoms with Crippen molar-refractivity contribution in [2.24, 2.45) is 0 Å². The first kappa shape index (κ1) is 11.1. The summed E-state index contributed by atoms with van der Waals surface area (Å²) >= 11 is 0. The fourth-order valence-corrected chi connectivity index (χ4v) is 1.31. The Hall–Kier alpha value is -2.43. The van der Waals surface area contributed by atoms with Gasteiger partial charge in [0.25, 0.3) is 0 Å². The number of anilines is 2. The minimum Gasteiger partial charge on any atom is -0.478 e. The molecule has 17 heavy (non-hydrogen) atoms. The molecule has 0 radical (unpaired) electrons. The van der Waals surface area contributed by atoms with E-state index in [1.165, 1.54) is 12.1 Å². The number of carboxylic acid groups (broad SMARTS) is 1. The van der Waals surface area contributed by atoms with E-state index in [2.05, 4.69) is 15.5 Å². The Morgan fingerprint density at radius 3 is 2.35 bits per heavy atom. The lowest BCUT2D eigenvalue weighted by molar-refractivity contribution is 0.0697. The Morgan fingerprint density at radius 2 is 1.82 bits per heavy atom. The molecule has 0 spiro atoms. The van der Waals surface area contributed by atoms with E-state index in [4.69, 9.17) is 5.11 Å². The van der Waals surface area contributed by atoms with Crippen molar-refractivity contribution in [3.05, 3.63) is 47.7 Å². The summed E-state index contributed by atoms with van der Waals surface area (Å²) in [6.07, 6.45) is 0. The van der Waals surface area contributed by atoms with Crippen LogP contribution in [0, 0.1) is 6.92 Å². The highest BCUT2D eigenvalue weighted by molar-refractivity contribution is 5.88. The molecule has 1 aromatic carbocycles. The maximum Gasteiger partial charge on any atom is 0.335 e. The van der Waals surface area contributed by atoms with Gasteiger partial charge >= 0.3 is 5.97 Å². The number of hydrogen-bond acceptors (Lipinski definition) is 4. The van der Waals surface area contributed by atoms with Crippen LogP contribution in [0.3, 0.4) is 0 Å². The Balaban J connectivity index is 2.13. The van der Waals surface area contributed by atoms with Crippen molar-refractivity contribution in [1.29, 1.82) is 0 Å². The predicted molar refractivity (Wildman–Crippen MR) is 63.5 cm³/mol. The van der Waals surface area contributed by atoms with Gasteiger partial charge in [-0.1, -0.05) is 0 Å². The number of hydrogen-bond donors (Lipinski definition) is 2. The quantitative estimate of drug-likeness (QED) is 0.844. The summed E-state index contributed by atoms with van der Waals surface area (Å²) < 4.78 is 0. The number of rotatable bonds is 3. The SMILES string of the molecule is Cc1ccc(Nc2ccc(C(=O)O)cc2)nn1. The zero-order valence-corrected chi connectivity index (χ0v) is 9.21.